The van der Waals surface area contributed by atoms with Crippen molar-refractivity contribution in [3.63, 3.8) is 0 Å². The molecule has 1 aliphatic heterocycles. The van der Waals surface area contributed by atoms with Crippen molar-refractivity contribution < 1.29 is 9.15 Å². The lowest BCUT2D eigenvalue weighted by molar-refractivity contribution is 0.164. The Balaban J connectivity index is 2.01. The van der Waals surface area contributed by atoms with Gasteiger partial charge in [0.1, 0.15) is 23.1 Å². The number of hydrogen-bond acceptors (Lipinski definition) is 3. The van der Waals surface area contributed by atoms with Gasteiger partial charge in [-0.1, -0.05) is 12.1 Å². The summed E-state index contributed by atoms with van der Waals surface area (Å²) in [5.74, 6) is 1.85. The monoisotopic (exact) mass is 321 g/mol. The van der Waals surface area contributed by atoms with Gasteiger partial charge in [-0.15, -0.1) is 0 Å². The van der Waals surface area contributed by atoms with Crippen LogP contribution in [0.3, 0.4) is 0 Å². The summed E-state index contributed by atoms with van der Waals surface area (Å²) < 4.78 is 12.7. The highest BCUT2D eigenvalue weighted by atomic mass is 79.9. The zero-order chi connectivity index (χ0) is 13.2. The van der Waals surface area contributed by atoms with Crippen molar-refractivity contribution in [2.75, 3.05) is 13.7 Å². The lowest BCUT2D eigenvalue weighted by atomic mass is 10.1. The third-order valence-corrected chi connectivity index (χ3v) is 3.96. The van der Waals surface area contributed by atoms with Gasteiger partial charge in [-0.25, -0.2) is 0 Å². The molecule has 100 valence electrons. The highest BCUT2D eigenvalue weighted by Crippen LogP contribution is 2.33. The molecule has 4 heteroatoms. The Hall–Kier alpha value is -1.26. The number of ether oxygens (including phenoxy) is 1. The lowest BCUT2D eigenvalue weighted by Crippen LogP contribution is -2.21. The van der Waals surface area contributed by atoms with Crippen molar-refractivity contribution >= 4 is 26.9 Å². The molecule has 0 saturated heterocycles. The van der Waals surface area contributed by atoms with Crippen molar-refractivity contribution in [2.45, 2.75) is 18.9 Å². The zero-order valence-electron chi connectivity index (χ0n) is 10.8. The van der Waals surface area contributed by atoms with Gasteiger partial charge < -0.3 is 14.5 Å². The molecule has 1 unspecified atom stereocenters. The maximum absolute atomic E-state index is 5.97. The highest BCUT2D eigenvalue weighted by molar-refractivity contribution is 9.10. The number of benzene rings is 1. The van der Waals surface area contributed by atoms with Crippen molar-refractivity contribution in [1.29, 1.82) is 0 Å². The molecule has 0 bridgehead atoms. The molecule has 19 heavy (non-hydrogen) atoms. The largest absolute Gasteiger partial charge is 0.496 e. The van der Waals surface area contributed by atoms with E-state index in [1.54, 1.807) is 0 Å². The minimum absolute atomic E-state index is 0.0143. The average molecular weight is 322 g/mol. The number of furan rings is 1. The van der Waals surface area contributed by atoms with E-state index in [1.807, 2.05) is 19.2 Å². The standard InChI is InChI=1S/C15H16BrNO2/c1-17-14(12-7-2-3-8-18-12)13-9-10-5-4-6-11(16)15(10)19-13/h4-7,9,14,17H,2-3,8H2,1H3. The summed E-state index contributed by atoms with van der Waals surface area (Å²) in [7, 11) is 1.92. The first kappa shape index (κ1) is 12.8. The summed E-state index contributed by atoms with van der Waals surface area (Å²) in [6.45, 7) is 0.786. The van der Waals surface area contributed by atoms with E-state index in [2.05, 4.69) is 39.5 Å². The van der Waals surface area contributed by atoms with Crippen LogP contribution in [-0.4, -0.2) is 13.7 Å². The number of fused-ring (bicyclic) bond motifs is 1. The molecule has 1 aromatic heterocycles. The van der Waals surface area contributed by atoms with Crippen LogP contribution in [0.25, 0.3) is 11.0 Å². The topological polar surface area (TPSA) is 34.4 Å². The molecule has 3 rings (SSSR count). The van der Waals surface area contributed by atoms with Gasteiger partial charge in [0.2, 0.25) is 0 Å². The fourth-order valence-electron chi connectivity index (χ4n) is 2.39. The molecule has 0 amide bonds. The van der Waals surface area contributed by atoms with Crippen LogP contribution >= 0.6 is 15.9 Å². The second-order valence-corrected chi connectivity index (χ2v) is 5.48. The number of allylic oxidation sites excluding steroid dienone is 1. The van der Waals surface area contributed by atoms with Gasteiger partial charge in [0.05, 0.1) is 11.1 Å². The van der Waals surface area contributed by atoms with Crippen molar-refractivity contribution in [1.82, 2.24) is 5.32 Å². The van der Waals surface area contributed by atoms with Crippen LogP contribution in [0.2, 0.25) is 0 Å². The minimum atomic E-state index is -0.0143. The maximum atomic E-state index is 5.97. The van der Waals surface area contributed by atoms with Crippen molar-refractivity contribution in [3.8, 4) is 0 Å². The van der Waals surface area contributed by atoms with Crippen LogP contribution in [0.5, 0.6) is 0 Å². The van der Waals surface area contributed by atoms with Crippen LogP contribution in [0.15, 0.2) is 45.0 Å². The normalized spacial score (nSPS) is 17.1. The van der Waals surface area contributed by atoms with E-state index < -0.39 is 0 Å². The van der Waals surface area contributed by atoms with E-state index in [0.29, 0.717) is 0 Å². The number of para-hydroxylation sites is 1. The Kier molecular flexibility index (Phi) is 3.62. The van der Waals surface area contributed by atoms with Gasteiger partial charge >= 0.3 is 0 Å². The average Bonchev–Trinajstić information content (AvgIpc) is 2.86. The van der Waals surface area contributed by atoms with E-state index in [0.717, 1.165) is 46.4 Å². The minimum Gasteiger partial charge on any atom is -0.496 e. The summed E-state index contributed by atoms with van der Waals surface area (Å²) >= 11 is 3.52. The predicted octanol–water partition coefficient (Wildman–Crippen LogP) is 4.15. The Morgan fingerprint density at radius 1 is 1.37 bits per heavy atom. The molecule has 3 nitrogen and oxygen atoms in total. The smallest absolute Gasteiger partial charge is 0.148 e. The quantitative estimate of drug-likeness (QED) is 0.922. The third kappa shape index (κ3) is 2.42. The molecule has 1 atom stereocenters. The number of rotatable bonds is 3. The summed E-state index contributed by atoms with van der Waals surface area (Å²) in [4.78, 5) is 0. The summed E-state index contributed by atoms with van der Waals surface area (Å²) in [5, 5.41) is 4.36. The highest BCUT2D eigenvalue weighted by Gasteiger charge is 2.22. The summed E-state index contributed by atoms with van der Waals surface area (Å²) in [5.41, 5.74) is 0.883. The van der Waals surface area contributed by atoms with E-state index in [1.165, 1.54) is 0 Å². The maximum Gasteiger partial charge on any atom is 0.148 e. The Labute approximate surface area is 120 Å². The van der Waals surface area contributed by atoms with E-state index in [9.17, 15) is 0 Å². The molecule has 1 aliphatic rings. The van der Waals surface area contributed by atoms with Crippen molar-refractivity contribution in [2.24, 2.45) is 0 Å². The van der Waals surface area contributed by atoms with Gasteiger partial charge in [0.15, 0.2) is 0 Å². The van der Waals surface area contributed by atoms with E-state index in [-0.39, 0.29) is 6.04 Å². The first-order chi connectivity index (χ1) is 9.29. The summed E-state index contributed by atoms with van der Waals surface area (Å²) in [6.07, 6.45) is 4.30. The second-order valence-electron chi connectivity index (χ2n) is 4.63. The Morgan fingerprint density at radius 2 is 2.26 bits per heavy atom. The summed E-state index contributed by atoms with van der Waals surface area (Å²) in [6, 6.07) is 8.10. The molecule has 0 saturated carbocycles. The molecule has 2 aromatic rings. The first-order valence-corrected chi connectivity index (χ1v) is 7.27. The fourth-order valence-corrected chi connectivity index (χ4v) is 2.85. The number of nitrogens with one attached hydrogen (secondary N) is 1. The Bertz CT molecular complexity index is 618. The number of likely N-dealkylation sites (N-methyl/N-ethyl adjacent to an activating group) is 1. The van der Waals surface area contributed by atoms with E-state index >= 15 is 0 Å². The van der Waals surface area contributed by atoms with Crippen LogP contribution in [0.4, 0.5) is 0 Å². The number of halogens is 1. The molecule has 1 aromatic carbocycles. The Morgan fingerprint density at radius 3 is 2.95 bits per heavy atom. The van der Waals surface area contributed by atoms with Gasteiger partial charge in [0, 0.05) is 5.39 Å². The molecule has 0 fully saturated rings. The van der Waals surface area contributed by atoms with E-state index in [4.69, 9.17) is 9.15 Å². The first-order valence-electron chi connectivity index (χ1n) is 6.47. The molecule has 0 spiro atoms. The van der Waals surface area contributed by atoms with Gasteiger partial charge in [-0.2, -0.15) is 0 Å². The molecule has 1 N–H and O–H groups in total. The number of hydrogen-bond donors (Lipinski definition) is 1. The zero-order valence-corrected chi connectivity index (χ0v) is 12.4. The lowest BCUT2D eigenvalue weighted by Gasteiger charge is -2.21. The molecular weight excluding hydrogens is 306 g/mol. The molecular formula is C15H16BrNO2. The molecule has 0 radical (unpaired) electrons. The SMILES string of the molecule is CNC(C1=CCCCO1)c1cc2cccc(Br)c2o1. The van der Waals surface area contributed by atoms with Gasteiger partial charge in [0.25, 0.3) is 0 Å². The second kappa shape index (κ2) is 5.39. The molecule has 2 heterocycles. The van der Waals surface area contributed by atoms with Gasteiger partial charge in [-0.05, 0) is 54.0 Å². The molecule has 0 aliphatic carbocycles. The van der Waals surface area contributed by atoms with Crippen LogP contribution in [-0.2, 0) is 4.74 Å². The predicted molar refractivity (Wildman–Crippen MR) is 79.0 cm³/mol. The fraction of sp³-hybridized carbons (Fsp3) is 0.333. The van der Waals surface area contributed by atoms with Crippen molar-refractivity contribution in [3.05, 3.63) is 46.3 Å². The van der Waals surface area contributed by atoms with Crippen LogP contribution < -0.4 is 5.32 Å². The van der Waals surface area contributed by atoms with Gasteiger partial charge in [-0.3, -0.25) is 0 Å². The van der Waals surface area contributed by atoms with Crippen LogP contribution in [0.1, 0.15) is 24.6 Å². The third-order valence-electron chi connectivity index (χ3n) is 3.34. The van der Waals surface area contributed by atoms with Crippen LogP contribution in [0, 0.1) is 0 Å².